The number of aromatic nitrogens is 1. The topological polar surface area (TPSA) is 54.5 Å². The molecule has 0 fully saturated rings. The van der Waals surface area contributed by atoms with Crippen molar-refractivity contribution in [2.75, 3.05) is 32.1 Å². The Hall–Kier alpha value is -2.47. The number of hydrogen-bond acceptors (Lipinski definition) is 4. The average Bonchev–Trinajstić information content (AvgIpc) is 2.71. The maximum atomic E-state index is 13.4. The molecule has 28 heavy (non-hydrogen) atoms. The first kappa shape index (κ1) is 18.9. The number of amides is 1. The number of benzene rings is 2. The molecular weight excluding hydrogens is 374 g/mol. The van der Waals surface area contributed by atoms with Crippen LogP contribution in [-0.4, -0.2) is 42.6 Å². The highest BCUT2D eigenvalue weighted by atomic mass is 35.5. The molecule has 0 saturated carbocycles. The molecule has 0 saturated heterocycles. The Morgan fingerprint density at radius 1 is 1.29 bits per heavy atom. The van der Waals surface area contributed by atoms with E-state index in [-0.39, 0.29) is 5.91 Å². The molecule has 0 aliphatic carbocycles. The molecule has 1 atom stereocenters. The third-order valence-corrected chi connectivity index (χ3v) is 5.43. The number of fused-ring (bicyclic) bond motifs is 2. The Bertz CT molecular complexity index is 1000. The molecule has 1 aliphatic rings. The number of nitrogens with zero attached hydrogens (tertiary/aromatic N) is 2. The van der Waals surface area contributed by atoms with Gasteiger partial charge in [-0.15, -0.1) is 0 Å². The molecule has 0 radical (unpaired) electrons. The van der Waals surface area contributed by atoms with E-state index in [4.69, 9.17) is 16.3 Å². The van der Waals surface area contributed by atoms with Crippen molar-refractivity contribution < 1.29 is 9.53 Å². The lowest BCUT2D eigenvalue weighted by Gasteiger charge is -2.36. The number of hydrogen-bond donors (Lipinski definition) is 1. The minimum atomic E-state index is -0.420. The highest BCUT2D eigenvalue weighted by Crippen LogP contribution is 2.33. The van der Waals surface area contributed by atoms with Crippen LogP contribution in [0.3, 0.4) is 0 Å². The SMILES string of the molecule is COCCN1CCc2ccc(Cl)cc2C1C(=O)Nc1cncc2ccccc12. The summed E-state index contributed by atoms with van der Waals surface area (Å²) in [4.78, 5) is 19.8. The van der Waals surface area contributed by atoms with E-state index in [1.54, 1.807) is 19.5 Å². The van der Waals surface area contributed by atoms with E-state index < -0.39 is 6.04 Å². The van der Waals surface area contributed by atoms with E-state index in [0.717, 1.165) is 34.9 Å². The smallest absolute Gasteiger partial charge is 0.246 e. The first-order valence-corrected chi connectivity index (χ1v) is 9.70. The van der Waals surface area contributed by atoms with Crippen LogP contribution in [-0.2, 0) is 16.0 Å². The summed E-state index contributed by atoms with van der Waals surface area (Å²) in [5.74, 6) is -0.0857. The van der Waals surface area contributed by atoms with E-state index >= 15 is 0 Å². The van der Waals surface area contributed by atoms with Gasteiger partial charge in [-0.25, -0.2) is 0 Å². The van der Waals surface area contributed by atoms with Crippen LogP contribution in [0, 0.1) is 0 Å². The van der Waals surface area contributed by atoms with Gasteiger partial charge >= 0.3 is 0 Å². The molecule has 1 aromatic heterocycles. The van der Waals surface area contributed by atoms with Crippen LogP contribution in [0.5, 0.6) is 0 Å². The highest BCUT2D eigenvalue weighted by Gasteiger charge is 2.33. The number of ether oxygens (including phenoxy) is 1. The lowest BCUT2D eigenvalue weighted by molar-refractivity contribution is -0.122. The number of anilines is 1. The lowest BCUT2D eigenvalue weighted by Crippen LogP contribution is -2.43. The number of halogens is 1. The van der Waals surface area contributed by atoms with Crippen molar-refractivity contribution in [2.45, 2.75) is 12.5 Å². The average molecular weight is 396 g/mol. The third-order valence-electron chi connectivity index (χ3n) is 5.19. The standard InChI is InChI=1S/C22H22ClN3O2/c1-28-11-10-26-9-8-15-6-7-17(23)12-19(15)21(26)22(27)25-20-14-24-13-16-4-2-3-5-18(16)20/h2-7,12-14,21H,8-11H2,1H3,(H,25,27). The molecule has 144 valence electrons. The minimum absolute atomic E-state index is 0.0857. The van der Waals surface area contributed by atoms with Gasteiger partial charge in [0.1, 0.15) is 6.04 Å². The fraction of sp³-hybridized carbons (Fsp3) is 0.273. The monoisotopic (exact) mass is 395 g/mol. The summed E-state index contributed by atoms with van der Waals surface area (Å²) in [5.41, 5.74) is 2.83. The van der Waals surface area contributed by atoms with E-state index in [0.29, 0.717) is 23.9 Å². The number of rotatable bonds is 5. The number of pyridine rings is 1. The van der Waals surface area contributed by atoms with Crippen LogP contribution in [0.2, 0.25) is 5.02 Å². The molecule has 0 bridgehead atoms. The molecular formula is C22H22ClN3O2. The quantitative estimate of drug-likeness (QED) is 0.707. The summed E-state index contributed by atoms with van der Waals surface area (Å²) >= 11 is 6.25. The van der Waals surface area contributed by atoms with Crippen molar-refractivity contribution in [1.82, 2.24) is 9.88 Å². The van der Waals surface area contributed by atoms with Crippen molar-refractivity contribution in [2.24, 2.45) is 0 Å². The van der Waals surface area contributed by atoms with Gasteiger partial charge in [-0.05, 0) is 29.7 Å². The molecule has 5 nitrogen and oxygen atoms in total. The zero-order chi connectivity index (χ0) is 19.5. The van der Waals surface area contributed by atoms with Crippen LogP contribution in [0.4, 0.5) is 5.69 Å². The van der Waals surface area contributed by atoms with Crippen molar-refractivity contribution in [3.05, 3.63) is 71.0 Å². The molecule has 6 heteroatoms. The number of carbonyl (C=O) groups excluding carboxylic acids is 1. The van der Waals surface area contributed by atoms with Crippen LogP contribution in [0.1, 0.15) is 17.2 Å². The second-order valence-corrected chi connectivity index (χ2v) is 7.36. The van der Waals surface area contributed by atoms with Crippen LogP contribution in [0.15, 0.2) is 54.9 Å². The fourth-order valence-corrected chi connectivity index (χ4v) is 3.99. The minimum Gasteiger partial charge on any atom is -0.383 e. The van der Waals surface area contributed by atoms with Crippen LogP contribution >= 0.6 is 11.6 Å². The van der Waals surface area contributed by atoms with Crippen LogP contribution in [0.25, 0.3) is 10.8 Å². The lowest BCUT2D eigenvalue weighted by atomic mass is 9.92. The van der Waals surface area contributed by atoms with Gasteiger partial charge in [0.2, 0.25) is 5.91 Å². The predicted octanol–water partition coefficient (Wildman–Crippen LogP) is 4.07. The zero-order valence-electron chi connectivity index (χ0n) is 15.7. The number of methoxy groups -OCH3 is 1. The second kappa shape index (κ2) is 8.27. The molecule has 1 N–H and O–H groups in total. The van der Waals surface area contributed by atoms with E-state index in [1.807, 2.05) is 42.5 Å². The van der Waals surface area contributed by atoms with Gasteiger partial charge in [-0.2, -0.15) is 0 Å². The predicted molar refractivity (Wildman–Crippen MR) is 112 cm³/mol. The molecule has 1 amide bonds. The van der Waals surface area contributed by atoms with Gasteiger partial charge in [0.05, 0.1) is 18.5 Å². The summed E-state index contributed by atoms with van der Waals surface area (Å²) in [5, 5.41) is 5.69. The number of carbonyl (C=O) groups is 1. The molecule has 4 rings (SSSR count). The Kier molecular flexibility index (Phi) is 5.57. The first-order valence-electron chi connectivity index (χ1n) is 9.32. The maximum absolute atomic E-state index is 13.4. The van der Waals surface area contributed by atoms with Gasteiger partial charge in [0.15, 0.2) is 0 Å². The molecule has 0 spiro atoms. The second-order valence-electron chi connectivity index (χ2n) is 6.92. The van der Waals surface area contributed by atoms with Crippen molar-refractivity contribution in [3.8, 4) is 0 Å². The van der Waals surface area contributed by atoms with Gasteiger partial charge in [-0.1, -0.05) is 41.9 Å². The van der Waals surface area contributed by atoms with Crippen molar-refractivity contribution in [1.29, 1.82) is 0 Å². The summed E-state index contributed by atoms with van der Waals surface area (Å²) in [6, 6.07) is 13.3. The molecule has 2 heterocycles. The van der Waals surface area contributed by atoms with Gasteiger partial charge in [0.25, 0.3) is 0 Å². The zero-order valence-corrected chi connectivity index (χ0v) is 16.4. The first-order chi connectivity index (χ1) is 13.7. The summed E-state index contributed by atoms with van der Waals surface area (Å²) in [6.07, 6.45) is 4.38. The Morgan fingerprint density at radius 2 is 2.14 bits per heavy atom. The molecule has 1 unspecified atom stereocenters. The van der Waals surface area contributed by atoms with E-state index in [9.17, 15) is 4.79 Å². The van der Waals surface area contributed by atoms with E-state index in [1.165, 1.54) is 0 Å². The van der Waals surface area contributed by atoms with Gasteiger partial charge < -0.3 is 10.1 Å². The summed E-state index contributed by atoms with van der Waals surface area (Å²) in [6.45, 7) is 2.04. The Morgan fingerprint density at radius 3 is 3.00 bits per heavy atom. The molecule has 3 aromatic rings. The molecule has 2 aromatic carbocycles. The third kappa shape index (κ3) is 3.74. The largest absolute Gasteiger partial charge is 0.383 e. The van der Waals surface area contributed by atoms with Crippen molar-refractivity contribution >= 4 is 34.0 Å². The van der Waals surface area contributed by atoms with Crippen molar-refractivity contribution in [3.63, 3.8) is 0 Å². The van der Waals surface area contributed by atoms with Gasteiger partial charge in [-0.3, -0.25) is 14.7 Å². The maximum Gasteiger partial charge on any atom is 0.246 e. The summed E-state index contributed by atoms with van der Waals surface area (Å²) in [7, 11) is 1.67. The number of nitrogens with one attached hydrogen (secondary N) is 1. The van der Waals surface area contributed by atoms with Gasteiger partial charge in [0, 0.05) is 42.2 Å². The highest BCUT2D eigenvalue weighted by molar-refractivity contribution is 6.30. The van der Waals surface area contributed by atoms with Crippen LogP contribution < -0.4 is 5.32 Å². The Balaban J connectivity index is 1.69. The summed E-state index contributed by atoms with van der Waals surface area (Å²) < 4.78 is 5.25. The fourth-order valence-electron chi connectivity index (χ4n) is 3.81. The normalized spacial score (nSPS) is 16.7. The Labute approximate surface area is 169 Å². The molecule has 1 aliphatic heterocycles. The van der Waals surface area contributed by atoms with E-state index in [2.05, 4.69) is 15.2 Å².